The summed E-state index contributed by atoms with van der Waals surface area (Å²) in [6.45, 7) is 0. The van der Waals surface area contributed by atoms with Crippen LogP contribution in [-0.4, -0.2) is 16.1 Å². The topological polar surface area (TPSA) is 54.9 Å². The molecule has 0 saturated heterocycles. The van der Waals surface area contributed by atoms with Gasteiger partial charge in [-0.25, -0.2) is 0 Å². The summed E-state index contributed by atoms with van der Waals surface area (Å²) < 4.78 is 1.45. The molecule has 1 N–H and O–H groups in total. The molecule has 0 radical (unpaired) electrons. The van der Waals surface area contributed by atoms with Crippen LogP contribution < -0.4 is 5.56 Å². The van der Waals surface area contributed by atoms with Crippen molar-refractivity contribution in [3.63, 3.8) is 0 Å². The third-order valence-electron chi connectivity index (χ3n) is 1.89. The second-order valence-corrected chi connectivity index (χ2v) is 2.83. The maximum atomic E-state index is 11.0. The summed E-state index contributed by atoms with van der Waals surface area (Å²) >= 11 is 0. The Bertz CT molecular complexity index is 496. The molecule has 1 heterocycles. The molecule has 0 amide bonds. The number of H-pyrrole nitrogens is 1. The monoisotopic (exact) mass is 188 g/mol. The van der Waals surface area contributed by atoms with Gasteiger partial charge >= 0.3 is 0 Å². The summed E-state index contributed by atoms with van der Waals surface area (Å²) in [4.78, 5) is 21.6. The molecule has 0 spiro atoms. The fourth-order valence-electron chi connectivity index (χ4n) is 1.28. The lowest BCUT2D eigenvalue weighted by Crippen LogP contribution is -2.04. The van der Waals surface area contributed by atoms with Crippen LogP contribution in [0.25, 0.3) is 5.69 Å². The van der Waals surface area contributed by atoms with Gasteiger partial charge in [-0.1, -0.05) is 18.2 Å². The highest BCUT2D eigenvalue weighted by Gasteiger charge is 2.03. The number of nitrogens with one attached hydrogen (secondary N) is 1. The van der Waals surface area contributed by atoms with Crippen molar-refractivity contribution in [2.45, 2.75) is 0 Å². The van der Waals surface area contributed by atoms with Crippen LogP contribution in [0.2, 0.25) is 0 Å². The smallest absolute Gasteiger partial charge is 0.265 e. The molecule has 0 aliphatic rings. The molecule has 4 heteroatoms. The van der Waals surface area contributed by atoms with Gasteiger partial charge in [-0.15, -0.1) is 0 Å². The van der Waals surface area contributed by atoms with Crippen molar-refractivity contribution in [2.75, 3.05) is 0 Å². The van der Waals surface area contributed by atoms with Crippen LogP contribution in [0.4, 0.5) is 0 Å². The first-order valence-electron chi connectivity index (χ1n) is 4.14. The van der Waals surface area contributed by atoms with Gasteiger partial charge in [-0.3, -0.25) is 19.4 Å². The van der Waals surface area contributed by atoms with Crippen molar-refractivity contribution >= 4 is 6.29 Å². The van der Waals surface area contributed by atoms with E-state index >= 15 is 0 Å². The third kappa shape index (κ3) is 1.37. The average molecular weight is 188 g/mol. The Morgan fingerprint density at radius 1 is 1.21 bits per heavy atom. The summed E-state index contributed by atoms with van der Waals surface area (Å²) in [5.74, 6) is 0. The number of rotatable bonds is 2. The van der Waals surface area contributed by atoms with Crippen molar-refractivity contribution in [1.29, 1.82) is 0 Å². The zero-order chi connectivity index (χ0) is 9.97. The number of benzene rings is 1. The first-order chi connectivity index (χ1) is 6.81. The maximum absolute atomic E-state index is 11.0. The zero-order valence-corrected chi connectivity index (χ0v) is 7.31. The third-order valence-corrected chi connectivity index (χ3v) is 1.89. The molecule has 0 fully saturated rings. The van der Waals surface area contributed by atoms with Gasteiger partial charge in [0.2, 0.25) is 0 Å². The molecule has 0 atom stereocenters. The van der Waals surface area contributed by atoms with Gasteiger partial charge in [-0.2, -0.15) is 0 Å². The lowest BCUT2D eigenvalue weighted by molar-refractivity contribution is 0.111. The normalized spacial score (nSPS) is 10.0. The van der Waals surface area contributed by atoms with Crippen LogP contribution in [0.15, 0.2) is 41.2 Å². The Balaban J connectivity index is 2.62. The molecule has 1 aromatic carbocycles. The molecule has 4 nitrogen and oxygen atoms in total. The molecule has 0 unspecified atom stereocenters. The number of carbonyl (C=O) groups is 1. The number of nitrogens with zero attached hydrogens (tertiary/aromatic N) is 1. The van der Waals surface area contributed by atoms with Crippen molar-refractivity contribution in [3.05, 3.63) is 52.4 Å². The number of para-hydroxylation sites is 1. The van der Waals surface area contributed by atoms with Crippen LogP contribution in [0.5, 0.6) is 0 Å². The second kappa shape index (κ2) is 3.33. The summed E-state index contributed by atoms with van der Waals surface area (Å²) in [6.07, 6.45) is 0.644. The van der Waals surface area contributed by atoms with E-state index in [-0.39, 0.29) is 5.56 Å². The first kappa shape index (κ1) is 8.50. The lowest BCUT2D eigenvalue weighted by Gasteiger charge is -2.02. The Morgan fingerprint density at radius 2 is 1.93 bits per heavy atom. The molecule has 0 saturated carbocycles. The van der Waals surface area contributed by atoms with E-state index in [0.29, 0.717) is 12.0 Å². The minimum Gasteiger partial charge on any atom is -0.296 e. The highest BCUT2D eigenvalue weighted by Crippen LogP contribution is 2.05. The number of aromatic nitrogens is 2. The maximum Gasteiger partial charge on any atom is 0.265 e. The highest BCUT2D eigenvalue weighted by molar-refractivity contribution is 5.73. The van der Waals surface area contributed by atoms with Gasteiger partial charge in [0, 0.05) is 6.07 Å². The van der Waals surface area contributed by atoms with Gasteiger partial charge in [0.05, 0.1) is 5.69 Å². The van der Waals surface area contributed by atoms with Crippen LogP contribution >= 0.6 is 0 Å². The largest absolute Gasteiger partial charge is 0.296 e. The highest BCUT2D eigenvalue weighted by atomic mass is 16.1. The van der Waals surface area contributed by atoms with E-state index in [0.717, 1.165) is 5.69 Å². The van der Waals surface area contributed by atoms with E-state index in [9.17, 15) is 9.59 Å². The zero-order valence-electron chi connectivity index (χ0n) is 7.31. The van der Waals surface area contributed by atoms with E-state index in [1.54, 1.807) is 0 Å². The molecular formula is C10H8N2O2. The Kier molecular flexibility index (Phi) is 2.02. The number of aldehydes is 1. The van der Waals surface area contributed by atoms with E-state index in [1.165, 1.54) is 10.7 Å². The molecule has 1 aromatic heterocycles. The molecule has 14 heavy (non-hydrogen) atoms. The number of carbonyl (C=O) groups excluding carboxylic acids is 1. The standard InChI is InChI=1S/C10H8N2O2/c13-7-9-6-10(14)11-12(9)8-4-2-1-3-5-8/h1-7H,(H,11,14). The van der Waals surface area contributed by atoms with Gasteiger partial charge in [-0.05, 0) is 12.1 Å². The number of hydrogen-bond acceptors (Lipinski definition) is 2. The molecule has 70 valence electrons. The summed E-state index contributed by atoms with van der Waals surface area (Å²) in [5, 5.41) is 2.54. The fourth-order valence-corrected chi connectivity index (χ4v) is 1.28. The van der Waals surface area contributed by atoms with Crippen LogP contribution in [0.3, 0.4) is 0 Å². The number of hydrogen-bond donors (Lipinski definition) is 1. The van der Waals surface area contributed by atoms with Crippen molar-refractivity contribution in [2.24, 2.45) is 0 Å². The lowest BCUT2D eigenvalue weighted by atomic mass is 10.3. The number of aromatic amines is 1. The second-order valence-electron chi connectivity index (χ2n) is 2.83. The van der Waals surface area contributed by atoms with E-state index < -0.39 is 0 Å². The van der Waals surface area contributed by atoms with Crippen LogP contribution in [0.1, 0.15) is 10.5 Å². The van der Waals surface area contributed by atoms with E-state index in [4.69, 9.17) is 0 Å². The summed E-state index contributed by atoms with van der Waals surface area (Å²) in [6, 6.07) is 10.4. The van der Waals surface area contributed by atoms with Crippen molar-refractivity contribution in [1.82, 2.24) is 9.78 Å². The SMILES string of the molecule is O=Cc1cc(=O)[nH]n1-c1ccccc1. The van der Waals surface area contributed by atoms with Gasteiger partial charge in [0.1, 0.15) is 5.69 Å². The molecule has 2 rings (SSSR count). The van der Waals surface area contributed by atoms with Gasteiger partial charge in [0.25, 0.3) is 5.56 Å². The Labute approximate surface area is 79.8 Å². The average Bonchev–Trinajstić information content (AvgIpc) is 2.61. The van der Waals surface area contributed by atoms with Gasteiger partial charge in [0.15, 0.2) is 6.29 Å². The van der Waals surface area contributed by atoms with Crippen LogP contribution in [-0.2, 0) is 0 Å². The van der Waals surface area contributed by atoms with E-state index in [2.05, 4.69) is 5.10 Å². The van der Waals surface area contributed by atoms with Crippen molar-refractivity contribution < 1.29 is 4.79 Å². The minimum atomic E-state index is -0.282. The quantitative estimate of drug-likeness (QED) is 0.714. The Morgan fingerprint density at radius 3 is 2.57 bits per heavy atom. The summed E-state index contributed by atoms with van der Waals surface area (Å²) in [5.41, 5.74) is 0.800. The molecular weight excluding hydrogens is 180 g/mol. The fraction of sp³-hybridized carbons (Fsp3) is 0. The predicted octanol–water partition coefficient (Wildman–Crippen LogP) is 0.978. The Hall–Kier alpha value is -2.10. The minimum absolute atomic E-state index is 0.282. The predicted molar refractivity (Wildman–Crippen MR) is 51.8 cm³/mol. The van der Waals surface area contributed by atoms with Gasteiger partial charge < -0.3 is 0 Å². The molecule has 0 aliphatic heterocycles. The first-order valence-corrected chi connectivity index (χ1v) is 4.14. The molecule has 2 aromatic rings. The van der Waals surface area contributed by atoms with Crippen LogP contribution in [0, 0.1) is 0 Å². The van der Waals surface area contributed by atoms with E-state index in [1.807, 2.05) is 30.3 Å². The molecule has 0 aliphatic carbocycles. The molecule has 0 bridgehead atoms. The van der Waals surface area contributed by atoms with Crippen molar-refractivity contribution in [3.8, 4) is 5.69 Å². The summed E-state index contributed by atoms with van der Waals surface area (Å²) in [7, 11) is 0.